The van der Waals surface area contributed by atoms with Crippen LogP contribution in [0.1, 0.15) is 0 Å². The predicted molar refractivity (Wildman–Crippen MR) is 250 cm³/mol. The van der Waals surface area contributed by atoms with Crippen LogP contribution in [0.15, 0.2) is 229 Å². The Balaban J connectivity index is 1.02. The molecule has 282 valence electrons. The number of anilines is 3. The van der Waals surface area contributed by atoms with Crippen molar-refractivity contribution in [2.75, 3.05) is 4.90 Å². The highest BCUT2D eigenvalue weighted by atomic mass is 16.3. The average Bonchev–Trinajstić information content (AvgIpc) is 3.97. The minimum atomic E-state index is 0.860. The fourth-order valence-electron chi connectivity index (χ4n) is 9.24. The van der Waals surface area contributed by atoms with Crippen LogP contribution < -0.4 is 4.90 Å². The van der Waals surface area contributed by atoms with Gasteiger partial charge in [0.05, 0.1) is 11.0 Å². The quantitative estimate of drug-likeness (QED) is 0.161. The van der Waals surface area contributed by atoms with Gasteiger partial charge in [0.1, 0.15) is 16.8 Å². The highest BCUT2D eigenvalue weighted by molar-refractivity contribution is 6.22. The number of para-hydroxylation sites is 4. The fourth-order valence-corrected chi connectivity index (χ4v) is 9.24. The van der Waals surface area contributed by atoms with Gasteiger partial charge in [-0.15, -0.1) is 0 Å². The van der Waals surface area contributed by atoms with Crippen molar-refractivity contribution in [1.82, 2.24) is 9.13 Å². The zero-order valence-electron chi connectivity index (χ0n) is 32.6. The maximum Gasteiger partial charge on any atom is 0.137 e. The van der Waals surface area contributed by atoms with Gasteiger partial charge >= 0.3 is 0 Å². The molecule has 0 aliphatic carbocycles. The molecule has 60 heavy (non-hydrogen) atoms. The molecule has 0 N–H and O–H groups in total. The number of nitrogens with zero attached hydrogens (tertiary/aromatic N) is 3. The molecule has 0 aliphatic rings. The van der Waals surface area contributed by atoms with Gasteiger partial charge in [0.2, 0.25) is 0 Å². The minimum Gasteiger partial charge on any atom is -0.456 e. The first-order valence-corrected chi connectivity index (χ1v) is 20.4. The molecule has 12 rings (SSSR count). The molecule has 3 heterocycles. The summed E-state index contributed by atoms with van der Waals surface area (Å²) in [5.41, 5.74) is 15.4. The number of aromatic nitrogens is 2. The van der Waals surface area contributed by atoms with E-state index in [0.29, 0.717) is 0 Å². The minimum absolute atomic E-state index is 0.860. The number of fused-ring (bicyclic) bond motifs is 8. The molecule has 0 saturated heterocycles. The van der Waals surface area contributed by atoms with E-state index in [2.05, 4.69) is 226 Å². The molecule has 0 fully saturated rings. The van der Waals surface area contributed by atoms with Gasteiger partial charge < -0.3 is 9.32 Å². The molecule has 0 aliphatic heterocycles. The molecule has 3 aromatic heterocycles. The van der Waals surface area contributed by atoms with E-state index in [-0.39, 0.29) is 0 Å². The van der Waals surface area contributed by atoms with E-state index >= 15 is 0 Å². The summed E-state index contributed by atoms with van der Waals surface area (Å²) in [5.74, 6) is 0. The van der Waals surface area contributed by atoms with Crippen LogP contribution in [0, 0.1) is 0 Å². The maximum atomic E-state index is 6.44. The molecular weight excluding hydrogens is 731 g/mol. The molecule has 4 nitrogen and oxygen atoms in total. The maximum absolute atomic E-state index is 6.44. The molecule has 0 radical (unpaired) electrons. The lowest BCUT2D eigenvalue weighted by atomic mass is 9.94. The van der Waals surface area contributed by atoms with Crippen LogP contribution in [-0.4, -0.2) is 9.13 Å². The summed E-state index contributed by atoms with van der Waals surface area (Å²) in [4.78, 5) is 2.33. The number of rotatable bonds is 7. The van der Waals surface area contributed by atoms with Gasteiger partial charge in [0.15, 0.2) is 0 Å². The van der Waals surface area contributed by atoms with Crippen LogP contribution in [0.3, 0.4) is 0 Å². The number of benzene rings is 9. The van der Waals surface area contributed by atoms with E-state index in [0.717, 1.165) is 56.0 Å². The van der Waals surface area contributed by atoms with Crippen molar-refractivity contribution < 1.29 is 4.42 Å². The Labute approximate surface area is 347 Å². The Morgan fingerprint density at radius 1 is 0.333 bits per heavy atom. The first kappa shape index (κ1) is 34.0. The van der Waals surface area contributed by atoms with Crippen molar-refractivity contribution in [3.05, 3.63) is 224 Å². The van der Waals surface area contributed by atoms with E-state index in [4.69, 9.17) is 4.42 Å². The van der Waals surface area contributed by atoms with Crippen molar-refractivity contribution >= 4 is 71.8 Å². The van der Waals surface area contributed by atoms with Gasteiger partial charge in [-0.1, -0.05) is 140 Å². The van der Waals surface area contributed by atoms with Crippen molar-refractivity contribution in [3.8, 4) is 33.6 Å². The highest BCUT2D eigenvalue weighted by Gasteiger charge is 2.23. The molecule has 12 aromatic rings. The second kappa shape index (κ2) is 13.8. The van der Waals surface area contributed by atoms with Crippen LogP contribution in [0.5, 0.6) is 0 Å². The van der Waals surface area contributed by atoms with Crippen LogP contribution >= 0.6 is 0 Å². The molecule has 4 heteroatoms. The molecule has 0 bridgehead atoms. The lowest BCUT2D eigenvalue weighted by Crippen LogP contribution is -2.10. The normalized spacial score (nSPS) is 11.7. The second-order valence-corrected chi connectivity index (χ2v) is 15.3. The Morgan fingerprint density at radius 2 is 0.800 bits per heavy atom. The van der Waals surface area contributed by atoms with Crippen molar-refractivity contribution in [3.63, 3.8) is 0 Å². The first-order valence-electron chi connectivity index (χ1n) is 20.4. The van der Waals surface area contributed by atoms with E-state index in [1.54, 1.807) is 0 Å². The molecule has 0 amide bonds. The van der Waals surface area contributed by atoms with E-state index in [1.165, 1.54) is 49.4 Å². The third kappa shape index (κ3) is 5.39. The summed E-state index contributed by atoms with van der Waals surface area (Å²) < 4.78 is 11.3. The van der Waals surface area contributed by atoms with E-state index in [1.807, 2.05) is 12.1 Å². The van der Waals surface area contributed by atoms with Crippen molar-refractivity contribution in [2.24, 2.45) is 0 Å². The van der Waals surface area contributed by atoms with Crippen molar-refractivity contribution in [2.45, 2.75) is 0 Å². The lowest BCUT2D eigenvalue weighted by Gasteiger charge is -2.26. The molecule has 0 spiro atoms. The van der Waals surface area contributed by atoms with Gasteiger partial charge in [-0.25, -0.2) is 0 Å². The Kier molecular flexibility index (Phi) is 7.82. The largest absolute Gasteiger partial charge is 0.456 e. The van der Waals surface area contributed by atoms with Crippen LogP contribution in [0.25, 0.3) is 88.4 Å². The zero-order chi connectivity index (χ0) is 39.6. The smallest absolute Gasteiger partial charge is 0.137 e. The highest BCUT2D eigenvalue weighted by Crippen LogP contribution is 2.43. The topological polar surface area (TPSA) is 26.2 Å². The fraction of sp³-hybridized carbons (Fsp3) is 0. The molecule has 0 saturated carbocycles. The van der Waals surface area contributed by atoms with Gasteiger partial charge in [-0.05, 0) is 101 Å². The monoisotopic (exact) mass is 767 g/mol. The van der Waals surface area contributed by atoms with Gasteiger partial charge in [-0.2, -0.15) is 0 Å². The summed E-state index contributed by atoms with van der Waals surface area (Å²) in [7, 11) is 0. The summed E-state index contributed by atoms with van der Waals surface area (Å²) >= 11 is 0. The van der Waals surface area contributed by atoms with E-state index < -0.39 is 0 Å². The molecule has 0 atom stereocenters. The Hall–Kier alpha value is -8.08. The van der Waals surface area contributed by atoms with E-state index in [9.17, 15) is 0 Å². The molecular formula is C56H37N3O. The third-order valence-electron chi connectivity index (χ3n) is 11.9. The number of hydrogen-bond acceptors (Lipinski definition) is 2. The Morgan fingerprint density at radius 3 is 1.45 bits per heavy atom. The van der Waals surface area contributed by atoms with Crippen LogP contribution in [0.2, 0.25) is 0 Å². The van der Waals surface area contributed by atoms with Gasteiger partial charge in [0.25, 0.3) is 0 Å². The first-order chi connectivity index (χ1) is 29.8. The molecule has 0 unspecified atom stereocenters. The van der Waals surface area contributed by atoms with Crippen molar-refractivity contribution in [1.29, 1.82) is 0 Å². The standard InChI is InChI=1S/C56H37N3O/c1-3-15-38(16-4-1)45-19-7-8-20-46(45)39-27-29-41(30-28-39)57(44-35-36-48-47-21-11-14-26-53(47)60-54(48)37-44)42-31-33-43(34-32-42)59-52-25-13-10-23-50(52)55-49-22-9-12-24-51(49)58(56(55)59)40-17-5-2-6-18-40/h1-37H. The average molecular weight is 768 g/mol. The number of furan rings is 1. The predicted octanol–water partition coefficient (Wildman–Crippen LogP) is 15.4. The lowest BCUT2D eigenvalue weighted by molar-refractivity contribution is 0.669. The summed E-state index contributed by atoms with van der Waals surface area (Å²) in [6.07, 6.45) is 0. The summed E-state index contributed by atoms with van der Waals surface area (Å²) in [6.45, 7) is 0. The Bertz CT molecular complexity index is 3520. The second-order valence-electron chi connectivity index (χ2n) is 15.3. The summed E-state index contributed by atoms with van der Waals surface area (Å²) in [6, 6.07) is 80.2. The van der Waals surface area contributed by atoms with Gasteiger partial charge in [-0.3, -0.25) is 9.13 Å². The third-order valence-corrected chi connectivity index (χ3v) is 11.9. The van der Waals surface area contributed by atoms with Crippen LogP contribution in [0.4, 0.5) is 17.1 Å². The zero-order valence-corrected chi connectivity index (χ0v) is 32.6. The summed E-state index contributed by atoms with van der Waals surface area (Å²) in [5, 5.41) is 5.95. The molecule has 9 aromatic carbocycles. The number of hydrogen-bond donors (Lipinski definition) is 0. The van der Waals surface area contributed by atoms with Crippen LogP contribution in [-0.2, 0) is 0 Å². The van der Waals surface area contributed by atoms with Gasteiger partial charge in [0, 0.05) is 61.4 Å². The SMILES string of the molecule is c1ccc(-c2ccccc2-c2ccc(N(c3ccc(-n4c5ccccc5c5c6ccccc6n(-c6ccccc6)c54)cc3)c3ccc4c(c3)oc3ccccc34)cc2)cc1.